The number of hydrogen-bond donors (Lipinski definition) is 0. The minimum atomic E-state index is -4.10. The molecule has 3 atom stereocenters. The van der Waals surface area contributed by atoms with Gasteiger partial charge in [-0.25, -0.2) is 5.01 Å². The van der Waals surface area contributed by atoms with Crippen molar-refractivity contribution in [1.29, 1.82) is 0 Å². The molecule has 1 aliphatic carbocycles. The van der Waals surface area contributed by atoms with Crippen LogP contribution in [0.1, 0.15) is 52.5 Å². The predicted octanol–water partition coefficient (Wildman–Crippen LogP) is 5.08. The fourth-order valence-electron chi connectivity index (χ4n) is 5.42. The van der Waals surface area contributed by atoms with Crippen LogP contribution in [-0.4, -0.2) is 48.5 Å². The van der Waals surface area contributed by atoms with Crippen molar-refractivity contribution in [3.8, 4) is 5.75 Å². The van der Waals surface area contributed by atoms with Gasteiger partial charge in [0.15, 0.2) is 5.78 Å². The van der Waals surface area contributed by atoms with Gasteiger partial charge < -0.3 is 4.18 Å². The molecular weight excluding hydrogens is 580 g/mol. The van der Waals surface area contributed by atoms with Gasteiger partial charge in [-0.05, 0) is 80.6 Å². The topological polar surface area (TPSA) is 118 Å². The smallest absolute Gasteiger partial charge is 0.339 e. The van der Waals surface area contributed by atoms with E-state index in [1.807, 2.05) is 13.8 Å². The quantitative estimate of drug-likeness (QED) is 0.199. The number of hydrogen-bond acceptors (Lipinski definition) is 7. The van der Waals surface area contributed by atoms with Crippen LogP contribution in [0.25, 0.3) is 0 Å². The van der Waals surface area contributed by atoms with Gasteiger partial charge in [-0.2, -0.15) is 13.4 Å². The Labute approximate surface area is 249 Å². The molecule has 5 rings (SSSR count). The van der Waals surface area contributed by atoms with E-state index in [1.54, 1.807) is 24.3 Å². The first-order valence-electron chi connectivity index (χ1n) is 13.5. The molecular formula is C31H29ClN2O7S. The number of rotatable bonds is 8. The second-order valence-electron chi connectivity index (χ2n) is 10.8. The normalized spacial score (nSPS) is 20.3. The zero-order chi connectivity index (χ0) is 30.2. The summed E-state index contributed by atoms with van der Waals surface area (Å²) in [5.74, 6) is -3.20. The summed E-state index contributed by atoms with van der Waals surface area (Å²) in [6, 6.07) is 17.7. The maximum Gasteiger partial charge on any atom is 0.339 e. The fourth-order valence-corrected chi connectivity index (χ4v) is 6.57. The number of fused-ring (bicyclic) bond motifs is 1. The lowest BCUT2D eigenvalue weighted by atomic mass is 9.76. The highest BCUT2D eigenvalue weighted by molar-refractivity contribution is 7.87. The Bertz CT molecular complexity index is 1660. The van der Waals surface area contributed by atoms with Crippen LogP contribution in [0.3, 0.4) is 0 Å². The summed E-state index contributed by atoms with van der Waals surface area (Å²) in [5, 5.41) is 1.81. The minimum Gasteiger partial charge on any atom is -0.379 e. The van der Waals surface area contributed by atoms with E-state index in [-0.39, 0.29) is 32.7 Å². The molecule has 2 aliphatic rings. The van der Waals surface area contributed by atoms with E-state index >= 15 is 0 Å². The number of aryl methyl sites for hydroxylation is 1. The monoisotopic (exact) mass is 608 g/mol. The summed E-state index contributed by atoms with van der Waals surface area (Å²) < 4.78 is 30.5. The Kier molecular flexibility index (Phi) is 8.21. The molecule has 1 saturated heterocycles. The van der Waals surface area contributed by atoms with Crippen LogP contribution in [0.5, 0.6) is 5.75 Å². The van der Waals surface area contributed by atoms with Crippen LogP contribution in [-0.2, 0) is 19.7 Å². The molecule has 42 heavy (non-hydrogen) atoms. The second-order valence-corrected chi connectivity index (χ2v) is 12.7. The van der Waals surface area contributed by atoms with Crippen molar-refractivity contribution in [3.05, 3.63) is 94.5 Å². The molecule has 9 nitrogen and oxygen atoms in total. The molecule has 3 aromatic rings. The number of benzene rings is 3. The van der Waals surface area contributed by atoms with Crippen LogP contribution in [0.15, 0.2) is 77.7 Å². The molecule has 11 heteroatoms. The highest BCUT2D eigenvalue weighted by Gasteiger charge is 2.53. The summed E-state index contributed by atoms with van der Waals surface area (Å²) in [4.78, 5) is 54.0. The largest absolute Gasteiger partial charge is 0.379 e. The number of imide groups is 1. The highest BCUT2D eigenvalue weighted by atomic mass is 35.5. The van der Waals surface area contributed by atoms with Gasteiger partial charge in [0, 0.05) is 5.56 Å². The summed E-state index contributed by atoms with van der Waals surface area (Å²) >= 11 is 6.28. The summed E-state index contributed by atoms with van der Waals surface area (Å²) in [5.41, 5.74) is 1.06. The summed E-state index contributed by atoms with van der Waals surface area (Å²) in [6.45, 7) is 3.24. The number of carbonyl (C=O) groups excluding carboxylic acids is 4. The maximum atomic E-state index is 13.7. The first-order chi connectivity index (χ1) is 20.0. The third kappa shape index (κ3) is 5.82. The lowest BCUT2D eigenvalue weighted by Gasteiger charge is -2.30. The maximum absolute atomic E-state index is 13.7. The van der Waals surface area contributed by atoms with Gasteiger partial charge >= 0.3 is 10.1 Å². The Balaban J connectivity index is 1.39. The van der Waals surface area contributed by atoms with Gasteiger partial charge in [0.2, 0.25) is 0 Å². The zero-order valence-electron chi connectivity index (χ0n) is 23.0. The van der Waals surface area contributed by atoms with Crippen molar-refractivity contribution in [2.24, 2.45) is 17.8 Å². The number of Topliss-reactive ketones (excluding diaryl/α,β-unsaturated/α-hetero) is 1. The van der Waals surface area contributed by atoms with Crippen molar-refractivity contribution < 1.29 is 31.8 Å². The van der Waals surface area contributed by atoms with E-state index in [4.69, 9.17) is 15.8 Å². The van der Waals surface area contributed by atoms with E-state index in [0.29, 0.717) is 12.8 Å². The lowest BCUT2D eigenvalue weighted by Crippen LogP contribution is -2.52. The van der Waals surface area contributed by atoms with E-state index in [1.165, 1.54) is 48.5 Å². The number of ketones is 1. The van der Waals surface area contributed by atoms with Gasteiger partial charge in [0.05, 0.1) is 22.4 Å². The molecule has 1 heterocycles. The number of hydrazine groups is 1. The first-order valence-corrected chi connectivity index (χ1v) is 15.3. The minimum absolute atomic E-state index is 0.0146. The molecule has 0 N–H and O–H groups in total. The average molecular weight is 609 g/mol. The van der Waals surface area contributed by atoms with Crippen molar-refractivity contribution in [2.45, 2.75) is 38.0 Å². The first kappa shape index (κ1) is 29.5. The molecule has 3 amide bonds. The number of halogens is 1. The van der Waals surface area contributed by atoms with Gasteiger partial charge in [-0.3, -0.25) is 19.2 Å². The van der Waals surface area contributed by atoms with Gasteiger partial charge in [0.1, 0.15) is 17.2 Å². The molecule has 2 fully saturated rings. The van der Waals surface area contributed by atoms with Crippen molar-refractivity contribution >= 4 is 45.2 Å². The molecule has 0 aromatic heterocycles. The van der Waals surface area contributed by atoms with Gasteiger partial charge in [-0.15, -0.1) is 0 Å². The molecule has 0 spiro atoms. The molecule has 0 unspecified atom stereocenters. The summed E-state index contributed by atoms with van der Waals surface area (Å²) in [6.07, 6.45) is 1.85. The zero-order valence-corrected chi connectivity index (χ0v) is 24.6. The van der Waals surface area contributed by atoms with Crippen LogP contribution < -0.4 is 4.18 Å². The standard InChI is InChI=1S/C31H29ClN2O7S/c1-19-7-14-23(15-8-19)42(39,40)41-22-12-10-21(11-13-22)28(35)18-33(29(36)25-5-3-4-6-27(25)32)34-30(37)24-16-9-20(2)17-26(24)31(34)38/h3-8,10-15,20,24,26H,9,16-18H2,1-2H3/t20-,24-,26+/m1/s1. The molecule has 0 bridgehead atoms. The van der Waals surface area contributed by atoms with Crippen LogP contribution >= 0.6 is 11.6 Å². The van der Waals surface area contributed by atoms with E-state index in [0.717, 1.165) is 22.0 Å². The Morgan fingerprint density at radius 1 is 0.929 bits per heavy atom. The van der Waals surface area contributed by atoms with E-state index in [2.05, 4.69) is 0 Å². The Morgan fingerprint density at radius 2 is 1.57 bits per heavy atom. The number of nitrogens with zero attached hydrogens (tertiary/aromatic N) is 2. The molecule has 1 aliphatic heterocycles. The third-order valence-corrected chi connectivity index (χ3v) is 9.32. The molecule has 0 radical (unpaired) electrons. The van der Waals surface area contributed by atoms with Crippen molar-refractivity contribution in [1.82, 2.24) is 10.0 Å². The highest BCUT2D eigenvalue weighted by Crippen LogP contribution is 2.41. The Hall–Kier alpha value is -4.02. The van der Waals surface area contributed by atoms with Gasteiger partial charge in [0.25, 0.3) is 17.7 Å². The van der Waals surface area contributed by atoms with E-state index < -0.39 is 52.0 Å². The van der Waals surface area contributed by atoms with E-state index in [9.17, 15) is 27.6 Å². The van der Waals surface area contributed by atoms with Crippen LogP contribution in [0.4, 0.5) is 0 Å². The molecule has 3 aromatic carbocycles. The fraction of sp³-hybridized carbons (Fsp3) is 0.290. The van der Waals surface area contributed by atoms with Crippen LogP contribution in [0, 0.1) is 24.7 Å². The third-order valence-electron chi connectivity index (χ3n) is 7.73. The van der Waals surface area contributed by atoms with Crippen molar-refractivity contribution in [3.63, 3.8) is 0 Å². The lowest BCUT2D eigenvalue weighted by molar-refractivity contribution is -0.154. The van der Waals surface area contributed by atoms with Gasteiger partial charge in [-0.1, -0.05) is 48.4 Å². The van der Waals surface area contributed by atoms with Crippen molar-refractivity contribution in [2.75, 3.05) is 6.54 Å². The SMILES string of the molecule is Cc1ccc(S(=O)(=O)Oc2ccc(C(=O)CN(C(=O)c3ccccc3Cl)N3C(=O)[C@H]4C[C@H](C)CC[C@H]4C3=O)cc2)cc1. The number of carbonyl (C=O) groups is 4. The predicted molar refractivity (Wildman–Crippen MR) is 154 cm³/mol. The second kappa shape index (κ2) is 11.7. The average Bonchev–Trinajstić information content (AvgIpc) is 3.20. The van der Waals surface area contributed by atoms with Crippen LogP contribution in [0.2, 0.25) is 5.02 Å². The Morgan fingerprint density at radius 3 is 2.24 bits per heavy atom. The number of amides is 3. The molecule has 218 valence electrons. The molecule has 1 saturated carbocycles. The summed E-state index contributed by atoms with van der Waals surface area (Å²) in [7, 11) is -4.10.